The summed E-state index contributed by atoms with van der Waals surface area (Å²) >= 11 is 0. The van der Waals surface area contributed by atoms with Crippen molar-refractivity contribution >= 4 is 11.6 Å². The number of carbonyl (C=O) groups excluding carboxylic acids is 1. The van der Waals surface area contributed by atoms with E-state index in [1.807, 2.05) is 26.8 Å². The van der Waals surface area contributed by atoms with Gasteiger partial charge in [0.25, 0.3) is 0 Å². The number of phenolic OH excluding ortho intramolecular Hbond substituents is 1. The van der Waals surface area contributed by atoms with Crippen LogP contribution in [-0.2, 0) is 4.79 Å². The van der Waals surface area contributed by atoms with Crippen LogP contribution in [-0.4, -0.2) is 30.6 Å². The topological polar surface area (TPSA) is 52.6 Å². The van der Waals surface area contributed by atoms with Crippen molar-refractivity contribution in [3.8, 4) is 5.75 Å². The van der Waals surface area contributed by atoms with Crippen LogP contribution in [0.3, 0.4) is 0 Å². The van der Waals surface area contributed by atoms with Crippen LogP contribution in [0, 0.1) is 12.3 Å². The average Bonchev–Trinajstić information content (AvgIpc) is 2.44. The maximum absolute atomic E-state index is 12.9. The first-order chi connectivity index (χ1) is 9.48. The van der Waals surface area contributed by atoms with E-state index in [1.54, 1.807) is 17.0 Å². The molecule has 1 fully saturated rings. The summed E-state index contributed by atoms with van der Waals surface area (Å²) < 4.78 is 0. The Hall–Kier alpha value is -1.55. The molecule has 1 saturated heterocycles. The Balaban J connectivity index is 2.31. The van der Waals surface area contributed by atoms with Gasteiger partial charge in [-0.1, -0.05) is 6.07 Å². The normalized spacial score (nSPS) is 22.6. The summed E-state index contributed by atoms with van der Waals surface area (Å²) in [6, 6.07) is 5.18. The van der Waals surface area contributed by atoms with E-state index in [0.29, 0.717) is 6.54 Å². The predicted molar refractivity (Wildman–Crippen MR) is 81.1 cm³/mol. The summed E-state index contributed by atoms with van der Waals surface area (Å²) in [5.41, 5.74) is 1.46. The zero-order chi connectivity index (χ0) is 14.8. The fourth-order valence-electron chi connectivity index (χ4n) is 2.88. The van der Waals surface area contributed by atoms with Crippen LogP contribution in [0.1, 0.15) is 32.3 Å². The molecule has 1 heterocycles. The van der Waals surface area contributed by atoms with E-state index in [9.17, 15) is 9.90 Å². The lowest BCUT2D eigenvalue weighted by molar-refractivity contribution is -0.128. The number of piperidine rings is 1. The number of nitrogens with zero attached hydrogens (tertiary/aromatic N) is 1. The molecule has 0 saturated carbocycles. The standard InChI is InChI=1S/C16H24N2O2/c1-4-18(14-10-13(19)7-6-12(14)2)15(20)16(3)8-5-9-17-11-16/h6-7,10,17,19H,4-5,8-9,11H2,1-3H3. The summed E-state index contributed by atoms with van der Waals surface area (Å²) in [6.07, 6.45) is 1.94. The van der Waals surface area contributed by atoms with Gasteiger partial charge in [-0.25, -0.2) is 0 Å². The lowest BCUT2D eigenvalue weighted by atomic mass is 9.81. The molecule has 1 amide bonds. The minimum absolute atomic E-state index is 0.140. The fraction of sp³-hybridized carbons (Fsp3) is 0.562. The third kappa shape index (κ3) is 2.80. The molecule has 20 heavy (non-hydrogen) atoms. The van der Waals surface area contributed by atoms with E-state index in [1.165, 1.54) is 0 Å². The molecule has 1 aromatic carbocycles. The molecule has 4 heteroatoms. The van der Waals surface area contributed by atoms with E-state index in [4.69, 9.17) is 0 Å². The Labute approximate surface area is 120 Å². The van der Waals surface area contributed by atoms with Gasteiger partial charge in [-0.05, 0) is 51.8 Å². The Bertz CT molecular complexity index is 493. The summed E-state index contributed by atoms with van der Waals surface area (Å²) in [5, 5.41) is 13.0. The third-order valence-electron chi connectivity index (χ3n) is 4.16. The number of phenols is 1. The van der Waals surface area contributed by atoms with Gasteiger partial charge in [-0.2, -0.15) is 0 Å². The van der Waals surface area contributed by atoms with Crippen LogP contribution in [0.25, 0.3) is 0 Å². The fourth-order valence-corrected chi connectivity index (χ4v) is 2.88. The Morgan fingerprint density at radius 2 is 2.25 bits per heavy atom. The number of amides is 1. The molecule has 0 aliphatic carbocycles. The largest absolute Gasteiger partial charge is 0.508 e. The smallest absolute Gasteiger partial charge is 0.234 e. The van der Waals surface area contributed by atoms with Crippen molar-refractivity contribution in [3.05, 3.63) is 23.8 Å². The van der Waals surface area contributed by atoms with Crippen molar-refractivity contribution in [2.45, 2.75) is 33.6 Å². The third-order valence-corrected chi connectivity index (χ3v) is 4.16. The second-order valence-corrected chi connectivity index (χ2v) is 5.86. The lowest BCUT2D eigenvalue weighted by Gasteiger charge is -2.37. The van der Waals surface area contributed by atoms with E-state index < -0.39 is 0 Å². The first-order valence-electron chi connectivity index (χ1n) is 7.30. The van der Waals surface area contributed by atoms with Crippen molar-refractivity contribution in [2.75, 3.05) is 24.5 Å². The van der Waals surface area contributed by atoms with Crippen molar-refractivity contribution in [3.63, 3.8) is 0 Å². The van der Waals surface area contributed by atoms with Crippen molar-refractivity contribution in [1.82, 2.24) is 5.32 Å². The van der Waals surface area contributed by atoms with Gasteiger partial charge >= 0.3 is 0 Å². The van der Waals surface area contributed by atoms with Crippen molar-refractivity contribution in [2.24, 2.45) is 5.41 Å². The first-order valence-corrected chi connectivity index (χ1v) is 7.30. The van der Waals surface area contributed by atoms with Crippen LogP contribution in [0.2, 0.25) is 0 Å². The molecule has 1 aliphatic rings. The molecule has 2 rings (SSSR count). The van der Waals surface area contributed by atoms with Gasteiger partial charge in [-0.15, -0.1) is 0 Å². The Kier molecular flexibility index (Phi) is 4.33. The van der Waals surface area contributed by atoms with E-state index in [-0.39, 0.29) is 17.1 Å². The average molecular weight is 276 g/mol. The number of carbonyl (C=O) groups is 1. The highest BCUT2D eigenvalue weighted by Crippen LogP contribution is 2.32. The van der Waals surface area contributed by atoms with Gasteiger partial charge < -0.3 is 15.3 Å². The van der Waals surface area contributed by atoms with Crippen LogP contribution in [0.5, 0.6) is 5.75 Å². The van der Waals surface area contributed by atoms with E-state index in [0.717, 1.165) is 37.2 Å². The summed E-state index contributed by atoms with van der Waals surface area (Å²) in [6.45, 7) is 8.29. The summed E-state index contributed by atoms with van der Waals surface area (Å²) in [7, 11) is 0. The molecule has 1 atom stereocenters. The number of aryl methyl sites for hydroxylation is 1. The number of hydrogen-bond acceptors (Lipinski definition) is 3. The number of nitrogens with one attached hydrogen (secondary N) is 1. The number of anilines is 1. The molecule has 0 bridgehead atoms. The van der Waals surface area contributed by atoms with Gasteiger partial charge in [-0.3, -0.25) is 4.79 Å². The maximum Gasteiger partial charge on any atom is 0.234 e. The highest BCUT2D eigenvalue weighted by Gasteiger charge is 2.38. The molecule has 1 aliphatic heterocycles. The van der Waals surface area contributed by atoms with Gasteiger partial charge in [0, 0.05) is 19.2 Å². The van der Waals surface area contributed by atoms with Crippen LogP contribution < -0.4 is 10.2 Å². The number of rotatable bonds is 3. The van der Waals surface area contributed by atoms with E-state index in [2.05, 4.69) is 5.32 Å². The second kappa shape index (κ2) is 5.83. The molecular weight excluding hydrogens is 252 g/mol. The van der Waals surface area contributed by atoms with Crippen molar-refractivity contribution < 1.29 is 9.90 Å². The molecule has 0 spiro atoms. The van der Waals surface area contributed by atoms with Crippen LogP contribution in [0.4, 0.5) is 5.69 Å². The molecular formula is C16H24N2O2. The monoisotopic (exact) mass is 276 g/mol. The van der Waals surface area contributed by atoms with Gasteiger partial charge in [0.2, 0.25) is 5.91 Å². The van der Waals surface area contributed by atoms with Gasteiger partial charge in [0.15, 0.2) is 0 Å². The number of hydrogen-bond donors (Lipinski definition) is 2. The molecule has 110 valence electrons. The molecule has 1 aromatic rings. The number of benzene rings is 1. The Morgan fingerprint density at radius 3 is 2.85 bits per heavy atom. The summed E-state index contributed by atoms with van der Waals surface area (Å²) in [5.74, 6) is 0.338. The maximum atomic E-state index is 12.9. The minimum atomic E-state index is -0.355. The van der Waals surface area contributed by atoms with E-state index >= 15 is 0 Å². The molecule has 0 aromatic heterocycles. The van der Waals surface area contributed by atoms with Gasteiger partial charge in [0.05, 0.1) is 11.1 Å². The second-order valence-electron chi connectivity index (χ2n) is 5.86. The molecule has 0 radical (unpaired) electrons. The highest BCUT2D eigenvalue weighted by molar-refractivity contribution is 5.98. The predicted octanol–water partition coefficient (Wildman–Crippen LogP) is 2.44. The lowest BCUT2D eigenvalue weighted by Crippen LogP contribution is -2.50. The first kappa shape index (κ1) is 14.9. The minimum Gasteiger partial charge on any atom is -0.508 e. The molecule has 2 N–H and O–H groups in total. The Morgan fingerprint density at radius 1 is 1.50 bits per heavy atom. The number of aromatic hydroxyl groups is 1. The summed E-state index contributed by atoms with van der Waals surface area (Å²) in [4.78, 5) is 14.7. The molecule has 1 unspecified atom stereocenters. The quantitative estimate of drug-likeness (QED) is 0.891. The SMILES string of the molecule is CCN(C(=O)C1(C)CCCNC1)c1cc(O)ccc1C. The highest BCUT2D eigenvalue weighted by atomic mass is 16.3. The molecule has 4 nitrogen and oxygen atoms in total. The van der Waals surface area contributed by atoms with Gasteiger partial charge in [0.1, 0.15) is 5.75 Å². The zero-order valence-corrected chi connectivity index (χ0v) is 12.6. The van der Waals surface area contributed by atoms with Crippen LogP contribution >= 0.6 is 0 Å². The zero-order valence-electron chi connectivity index (χ0n) is 12.6. The van der Waals surface area contributed by atoms with Crippen molar-refractivity contribution in [1.29, 1.82) is 0 Å². The van der Waals surface area contributed by atoms with Crippen LogP contribution in [0.15, 0.2) is 18.2 Å².